The minimum Gasteiger partial charge on any atom is -0.495 e. The molecule has 1 fully saturated rings. The van der Waals surface area contributed by atoms with Gasteiger partial charge in [0.2, 0.25) is 0 Å². The molecule has 1 aliphatic heterocycles. The summed E-state index contributed by atoms with van der Waals surface area (Å²) in [6, 6.07) is 14.7. The van der Waals surface area contributed by atoms with Gasteiger partial charge in [-0.15, -0.1) is 0 Å². The van der Waals surface area contributed by atoms with Crippen molar-refractivity contribution in [2.75, 3.05) is 39.8 Å². The summed E-state index contributed by atoms with van der Waals surface area (Å²) >= 11 is 0. The smallest absolute Gasteiger partial charge is 0.317 e. The Kier molecular flexibility index (Phi) is 6.41. The summed E-state index contributed by atoms with van der Waals surface area (Å²) in [5, 5.41) is 3.42. The zero-order valence-corrected chi connectivity index (χ0v) is 18.7. The van der Waals surface area contributed by atoms with E-state index >= 15 is 0 Å². The predicted molar refractivity (Wildman–Crippen MR) is 125 cm³/mol. The highest BCUT2D eigenvalue weighted by atomic mass is 16.5. The molecule has 168 valence electrons. The van der Waals surface area contributed by atoms with Crippen LogP contribution in [0.15, 0.2) is 53.3 Å². The fraction of sp³-hybridized carbons (Fsp3) is 0.375. The van der Waals surface area contributed by atoms with Gasteiger partial charge >= 0.3 is 6.03 Å². The van der Waals surface area contributed by atoms with Crippen molar-refractivity contribution in [1.82, 2.24) is 24.7 Å². The Morgan fingerprint density at radius 1 is 1.09 bits per heavy atom. The number of hydrogen-bond acceptors (Lipinski definition) is 5. The number of nitrogens with one attached hydrogen (secondary N) is 1. The Morgan fingerprint density at radius 3 is 2.50 bits per heavy atom. The van der Waals surface area contributed by atoms with Gasteiger partial charge in [0.1, 0.15) is 11.6 Å². The maximum absolute atomic E-state index is 13.6. The van der Waals surface area contributed by atoms with Crippen LogP contribution in [-0.2, 0) is 0 Å². The van der Waals surface area contributed by atoms with Gasteiger partial charge in [-0.2, -0.15) is 0 Å². The molecular formula is C24H29N5O3. The van der Waals surface area contributed by atoms with E-state index < -0.39 is 0 Å². The fourth-order valence-corrected chi connectivity index (χ4v) is 4.22. The summed E-state index contributed by atoms with van der Waals surface area (Å²) in [7, 11) is 1.60. The van der Waals surface area contributed by atoms with E-state index in [4.69, 9.17) is 9.72 Å². The van der Waals surface area contributed by atoms with E-state index in [0.717, 1.165) is 0 Å². The van der Waals surface area contributed by atoms with Crippen molar-refractivity contribution >= 4 is 16.9 Å². The zero-order chi connectivity index (χ0) is 22.7. The van der Waals surface area contributed by atoms with Gasteiger partial charge in [0.25, 0.3) is 5.56 Å². The zero-order valence-electron chi connectivity index (χ0n) is 18.7. The molecule has 0 aliphatic carbocycles. The molecule has 2 aromatic carbocycles. The van der Waals surface area contributed by atoms with Crippen LogP contribution in [0.5, 0.6) is 5.75 Å². The molecule has 0 bridgehead atoms. The summed E-state index contributed by atoms with van der Waals surface area (Å²) in [4.78, 5) is 34.8. The third-order valence-electron chi connectivity index (χ3n) is 5.98. The number of ether oxygens (including phenoxy) is 1. The number of methoxy groups -OCH3 is 1. The number of aromatic nitrogens is 2. The number of rotatable bonds is 5. The number of hydrogen-bond donors (Lipinski definition) is 1. The number of carbonyl (C=O) groups is 1. The van der Waals surface area contributed by atoms with Crippen LogP contribution < -0.4 is 15.6 Å². The molecule has 1 atom stereocenters. The molecule has 2 amide bonds. The Balaban J connectivity index is 1.75. The van der Waals surface area contributed by atoms with E-state index in [1.54, 1.807) is 17.7 Å². The van der Waals surface area contributed by atoms with Crippen molar-refractivity contribution < 1.29 is 9.53 Å². The Labute approximate surface area is 187 Å². The first kappa shape index (κ1) is 21.8. The van der Waals surface area contributed by atoms with Gasteiger partial charge in [-0.1, -0.05) is 24.3 Å². The number of nitrogens with zero attached hydrogens (tertiary/aromatic N) is 4. The summed E-state index contributed by atoms with van der Waals surface area (Å²) < 4.78 is 7.23. The van der Waals surface area contributed by atoms with Gasteiger partial charge in [0.15, 0.2) is 0 Å². The van der Waals surface area contributed by atoms with E-state index in [2.05, 4.69) is 17.1 Å². The minimum atomic E-state index is -0.131. The maximum Gasteiger partial charge on any atom is 0.317 e. The number of piperazine rings is 1. The van der Waals surface area contributed by atoms with Crippen LogP contribution in [0.2, 0.25) is 0 Å². The monoisotopic (exact) mass is 435 g/mol. The average molecular weight is 436 g/mol. The van der Waals surface area contributed by atoms with Crippen LogP contribution >= 0.6 is 0 Å². The molecule has 1 aromatic heterocycles. The largest absolute Gasteiger partial charge is 0.495 e. The molecule has 0 radical (unpaired) electrons. The highest BCUT2D eigenvalue weighted by Crippen LogP contribution is 2.28. The van der Waals surface area contributed by atoms with Gasteiger partial charge in [-0.25, -0.2) is 9.78 Å². The third-order valence-corrected chi connectivity index (χ3v) is 5.98. The van der Waals surface area contributed by atoms with Crippen LogP contribution in [-0.4, -0.2) is 65.2 Å². The topological polar surface area (TPSA) is 79.7 Å². The minimum absolute atomic E-state index is 0.0328. The first-order valence-corrected chi connectivity index (χ1v) is 11.0. The van der Waals surface area contributed by atoms with Crippen LogP contribution in [0, 0.1) is 0 Å². The second-order valence-corrected chi connectivity index (χ2v) is 7.83. The lowest BCUT2D eigenvalue weighted by atomic mass is 10.1. The lowest BCUT2D eigenvalue weighted by molar-refractivity contribution is 0.110. The van der Waals surface area contributed by atoms with Crippen LogP contribution in [0.3, 0.4) is 0 Å². The third kappa shape index (κ3) is 4.05. The normalized spacial score (nSPS) is 15.5. The van der Waals surface area contributed by atoms with E-state index in [0.29, 0.717) is 60.9 Å². The Bertz CT molecular complexity index is 1170. The molecule has 2 heterocycles. The van der Waals surface area contributed by atoms with Gasteiger partial charge in [-0.3, -0.25) is 14.3 Å². The highest BCUT2D eigenvalue weighted by molar-refractivity contribution is 5.78. The number of benzene rings is 2. The number of para-hydroxylation sites is 3. The van der Waals surface area contributed by atoms with E-state index in [-0.39, 0.29) is 17.6 Å². The first-order valence-electron chi connectivity index (χ1n) is 11.0. The van der Waals surface area contributed by atoms with Crippen molar-refractivity contribution in [2.45, 2.75) is 19.9 Å². The molecule has 1 saturated heterocycles. The van der Waals surface area contributed by atoms with Crippen molar-refractivity contribution in [3.63, 3.8) is 0 Å². The molecule has 1 N–H and O–H groups in total. The van der Waals surface area contributed by atoms with Gasteiger partial charge in [-0.05, 0) is 38.1 Å². The molecule has 8 nitrogen and oxygen atoms in total. The molecule has 32 heavy (non-hydrogen) atoms. The molecule has 0 spiro atoms. The van der Waals surface area contributed by atoms with E-state index in [1.807, 2.05) is 54.3 Å². The molecule has 8 heteroatoms. The molecule has 1 unspecified atom stereocenters. The lowest BCUT2D eigenvalue weighted by Gasteiger charge is -2.38. The Hall–Kier alpha value is -3.39. The van der Waals surface area contributed by atoms with Crippen LogP contribution in [0.1, 0.15) is 25.7 Å². The molecular weight excluding hydrogens is 406 g/mol. The maximum atomic E-state index is 13.6. The summed E-state index contributed by atoms with van der Waals surface area (Å²) in [5.74, 6) is 1.27. The van der Waals surface area contributed by atoms with Crippen molar-refractivity contribution in [3.8, 4) is 11.4 Å². The SMILES string of the molecule is CCNC(=O)N1CCN(C(C)c2nc3ccccc3c(=O)n2-c2ccccc2OC)CC1. The fourth-order valence-electron chi connectivity index (χ4n) is 4.22. The van der Waals surface area contributed by atoms with Crippen molar-refractivity contribution in [3.05, 3.63) is 64.7 Å². The second-order valence-electron chi connectivity index (χ2n) is 7.83. The van der Waals surface area contributed by atoms with Crippen molar-refractivity contribution in [2.24, 2.45) is 0 Å². The molecule has 1 aliphatic rings. The number of fused-ring (bicyclic) bond motifs is 1. The number of carbonyl (C=O) groups excluding carboxylic acids is 1. The molecule has 4 rings (SSSR count). The first-order chi connectivity index (χ1) is 15.5. The summed E-state index contributed by atoms with van der Waals surface area (Å²) in [6.45, 7) is 7.25. The quantitative estimate of drug-likeness (QED) is 0.667. The highest BCUT2D eigenvalue weighted by Gasteiger charge is 2.28. The van der Waals surface area contributed by atoms with Gasteiger partial charge in [0.05, 0.1) is 29.7 Å². The van der Waals surface area contributed by atoms with Crippen LogP contribution in [0.4, 0.5) is 4.79 Å². The molecule has 0 saturated carbocycles. The predicted octanol–water partition coefficient (Wildman–Crippen LogP) is 2.80. The van der Waals surface area contributed by atoms with Crippen LogP contribution in [0.25, 0.3) is 16.6 Å². The Morgan fingerprint density at radius 2 is 1.78 bits per heavy atom. The second kappa shape index (κ2) is 9.40. The molecule has 3 aromatic rings. The van der Waals surface area contributed by atoms with Crippen molar-refractivity contribution in [1.29, 1.82) is 0 Å². The lowest BCUT2D eigenvalue weighted by Crippen LogP contribution is -2.52. The van der Waals surface area contributed by atoms with E-state index in [9.17, 15) is 9.59 Å². The summed E-state index contributed by atoms with van der Waals surface area (Å²) in [5.41, 5.74) is 1.22. The standard InChI is InChI=1S/C24H29N5O3/c1-4-25-24(31)28-15-13-27(14-16-28)17(2)22-26-19-10-6-5-9-18(19)23(30)29(22)20-11-7-8-12-21(20)32-3/h5-12,17H,4,13-16H2,1-3H3,(H,25,31). The van der Waals surface area contributed by atoms with E-state index in [1.165, 1.54) is 0 Å². The van der Waals surface area contributed by atoms with Gasteiger partial charge < -0.3 is 15.0 Å². The average Bonchev–Trinajstić information content (AvgIpc) is 2.84. The summed E-state index contributed by atoms with van der Waals surface area (Å²) in [6.07, 6.45) is 0. The number of urea groups is 1. The number of amides is 2. The van der Waals surface area contributed by atoms with Gasteiger partial charge in [0, 0.05) is 32.7 Å².